The molecule has 0 radical (unpaired) electrons. The van der Waals surface area contributed by atoms with Gasteiger partial charge in [-0.2, -0.15) is 0 Å². The molecule has 0 unspecified atom stereocenters. The quantitative estimate of drug-likeness (QED) is 0.571. The van der Waals surface area contributed by atoms with Gasteiger partial charge < -0.3 is 9.42 Å². The molecule has 0 bridgehead atoms. The van der Waals surface area contributed by atoms with Gasteiger partial charge in [-0.3, -0.25) is 4.79 Å². The predicted octanol–water partition coefficient (Wildman–Crippen LogP) is 5.66. The van der Waals surface area contributed by atoms with Crippen LogP contribution < -0.4 is 0 Å². The topological polar surface area (TPSA) is 46.3 Å². The highest BCUT2D eigenvalue weighted by Gasteiger charge is 2.21. The van der Waals surface area contributed by atoms with Gasteiger partial charge in [0.2, 0.25) is 0 Å². The van der Waals surface area contributed by atoms with E-state index in [1.54, 1.807) is 29.2 Å². The Kier molecular flexibility index (Phi) is 5.66. The molecule has 1 heterocycles. The molecule has 0 N–H and O–H groups in total. The van der Waals surface area contributed by atoms with Crippen molar-refractivity contribution >= 4 is 17.5 Å². The maximum atomic E-state index is 12.9. The van der Waals surface area contributed by atoms with Gasteiger partial charge >= 0.3 is 0 Å². The van der Waals surface area contributed by atoms with Crippen LogP contribution in [0, 0.1) is 13.8 Å². The van der Waals surface area contributed by atoms with E-state index in [1.807, 2.05) is 33.8 Å². The number of halogens is 1. The Balaban J connectivity index is 1.83. The largest absolute Gasteiger partial charge is 0.356 e. The summed E-state index contributed by atoms with van der Waals surface area (Å²) in [5, 5.41) is 4.79. The number of hydrogen-bond acceptors (Lipinski definition) is 3. The lowest BCUT2D eigenvalue weighted by atomic mass is 10.0. The zero-order valence-corrected chi connectivity index (χ0v) is 16.7. The summed E-state index contributed by atoms with van der Waals surface area (Å²) < 4.78 is 5.56. The molecule has 1 amide bonds. The van der Waals surface area contributed by atoms with Gasteiger partial charge in [-0.05, 0) is 63.6 Å². The van der Waals surface area contributed by atoms with Gasteiger partial charge in [0.15, 0.2) is 5.76 Å². The number of aromatic nitrogens is 1. The summed E-state index contributed by atoms with van der Waals surface area (Å²) >= 11 is 5.93. The van der Waals surface area contributed by atoms with E-state index >= 15 is 0 Å². The average molecular weight is 383 g/mol. The lowest BCUT2D eigenvalue weighted by Gasteiger charge is -2.25. The Labute approximate surface area is 164 Å². The van der Waals surface area contributed by atoms with Crippen LogP contribution in [0.4, 0.5) is 0 Å². The molecule has 0 saturated carbocycles. The van der Waals surface area contributed by atoms with Gasteiger partial charge in [-0.1, -0.05) is 34.5 Å². The molecule has 140 valence electrons. The minimum atomic E-state index is -0.0575. The monoisotopic (exact) mass is 382 g/mol. The fourth-order valence-electron chi connectivity index (χ4n) is 2.94. The van der Waals surface area contributed by atoms with Crippen molar-refractivity contribution in [1.82, 2.24) is 10.1 Å². The second-order valence-corrected chi connectivity index (χ2v) is 7.47. The van der Waals surface area contributed by atoms with Crippen molar-refractivity contribution in [2.24, 2.45) is 0 Å². The Morgan fingerprint density at radius 2 is 1.81 bits per heavy atom. The first-order chi connectivity index (χ1) is 12.8. The molecule has 27 heavy (non-hydrogen) atoms. The van der Waals surface area contributed by atoms with E-state index in [0.29, 0.717) is 22.9 Å². The van der Waals surface area contributed by atoms with E-state index in [2.05, 4.69) is 23.4 Å². The van der Waals surface area contributed by atoms with Crippen molar-refractivity contribution in [2.45, 2.75) is 40.3 Å². The van der Waals surface area contributed by atoms with Crippen LogP contribution in [-0.2, 0) is 6.54 Å². The molecular weight excluding hydrogens is 360 g/mol. The summed E-state index contributed by atoms with van der Waals surface area (Å²) in [5.41, 5.74) is 4.64. The number of aryl methyl sites for hydroxylation is 2. The Morgan fingerprint density at radius 1 is 1.11 bits per heavy atom. The molecule has 0 atom stereocenters. The van der Waals surface area contributed by atoms with Crippen molar-refractivity contribution in [3.8, 4) is 11.3 Å². The molecule has 0 saturated heterocycles. The second-order valence-electron chi connectivity index (χ2n) is 7.03. The summed E-state index contributed by atoms with van der Waals surface area (Å²) in [6.07, 6.45) is 0. The van der Waals surface area contributed by atoms with Gasteiger partial charge in [0.1, 0.15) is 5.69 Å². The van der Waals surface area contributed by atoms with E-state index in [9.17, 15) is 4.79 Å². The van der Waals surface area contributed by atoms with Crippen LogP contribution in [0.25, 0.3) is 11.3 Å². The molecular formula is C22H23ClN2O2. The van der Waals surface area contributed by atoms with Crippen molar-refractivity contribution in [3.05, 3.63) is 75.9 Å². The van der Waals surface area contributed by atoms with E-state index < -0.39 is 0 Å². The SMILES string of the molecule is Cc1ccc(C)c(-c2cc(CN(C(=O)c3ccc(Cl)cc3)C(C)C)no2)c1. The van der Waals surface area contributed by atoms with Gasteiger partial charge in [0, 0.05) is 28.3 Å². The van der Waals surface area contributed by atoms with Crippen molar-refractivity contribution in [1.29, 1.82) is 0 Å². The maximum Gasteiger partial charge on any atom is 0.254 e. The van der Waals surface area contributed by atoms with Crippen LogP contribution in [0.3, 0.4) is 0 Å². The second kappa shape index (κ2) is 7.97. The summed E-state index contributed by atoms with van der Waals surface area (Å²) in [5.74, 6) is 0.659. The highest BCUT2D eigenvalue weighted by atomic mass is 35.5. The van der Waals surface area contributed by atoms with Crippen LogP contribution in [0.1, 0.15) is 41.0 Å². The highest BCUT2D eigenvalue weighted by Crippen LogP contribution is 2.26. The van der Waals surface area contributed by atoms with Crippen LogP contribution in [0.2, 0.25) is 5.02 Å². The molecule has 0 fully saturated rings. The third-order valence-electron chi connectivity index (χ3n) is 4.53. The van der Waals surface area contributed by atoms with Gasteiger partial charge in [-0.25, -0.2) is 0 Å². The standard InChI is InChI=1S/C22H23ClN2O2/c1-14(2)25(22(26)17-7-9-18(23)10-8-17)13-19-12-21(27-24-19)20-11-15(3)5-6-16(20)4/h5-12,14H,13H2,1-4H3. The highest BCUT2D eigenvalue weighted by molar-refractivity contribution is 6.30. The zero-order chi connectivity index (χ0) is 19.6. The molecule has 3 rings (SSSR count). The first-order valence-electron chi connectivity index (χ1n) is 8.95. The summed E-state index contributed by atoms with van der Waals surface area (Å²) in [4.78, 5) is 14.7. The van der Waals surface area contributed by atoms with Gasteiger partial charge in [-0.15, -0.1) is 0 Å². The Bertz CT molecular complexity index is 945. The van der Waals surface area contributed by atoms with Crippen molar-refractivity contribution in [2.75, 3.05) is 0 Å². The summed E-state index contributed by atoms with van der Waals surface area (Å²) in [7, 11) is 0. The molecule has 0 spiro atoms. The van der Waals surface area contributed by atoms with Crippen LogP contribution >= 0.6 is 11.6 Å². The fourth-order valence-corrected chi connectivity index (χ4v) is 3.06. The van der Waals surface area contributed by atoms with Crippen molar-refractivity contribution < 1.29 is 9.32 Å². The van der Waals surface area contributed by atoms with Gasteiger partial charge in [0.25, 0.3) is 5.91 Å². The number of amides is 1. The minimum absolute atomic E-state index is 0.0223. The van der Waals surface area contributed by atoms with Crippen molar-refractivity contribution in [3.63, 3.8) is 0 Å². The molecule has 4 nitrogen and oxygen atoms in total. The number of rotatable bonds is 5. The molecule has 0 aliphatic rings. The minimum Gasteiger partial charge on any atom is -0.356 e. The molecule has 2 aromatic carbocycles. The zero-order valence-electron chi connectivity index (χ0n) is 16.0. The van der Waals surface area contributed by atoms with Crippen LogP contribution in [0.15, 0.2) is 53.1 Å². The Morgan fingerprint density at radius 3 is 2.48 bits per heavy atom. The number of nitrogens with zero attached hydrogens (tertiary/aromatic N) is 2. The third-order valence-corrected chi connectivity index (χ3v) is 4.78. The number of hydrogen-bond donors (Lipinski definition) is 0. The molecule has 3 aromatic rings. The lowest BCUT2D eigenvalue weighted by molar-refractivity contribution is 0.0686. The Hall–Kier alpha value is -2.59. The van der Waals surface area contributed by atoms with E-state index in [0.717, 1.165) is 22.4 Å². The number of carbonyl (C=O) groups is 1. The summed E-state index contributed by atoms with van der Waals surface area (Å²) in [6.45, 7) is 8.44. The van der Waals surface area contributed by atoms with Crippen LogP contribution in [0.5, 0.6) is 0 Å². The average Bonchev–Trinajstić information content (AvgIpc) is 3.10. The lowest BCUT2D eigenvalue weighted by Crippen LogP contribution is -2.36. The van der Waals surface area contributed by atoms with E-state index in [4.69, 9.17) is 16.1 Å². The van der Waals surface area contributed by atoms with Gasteiger partial charge in [0.05, 0.1) is 6.54 Å². The number of carbonyl (C=O) groups excluding carboxylic acids is 1. The first kappa shape index (κ1) is 19.2. The predicted molar refractivity (Wildman–Crippen MR) is 108 cm³/mol. The van der Waals surface area contributed by atoms with E-state index in [-0.39, 0.29) is 11.9 Å². The maximum absolute atomic E-state index is 12.9. The van der Waals surface area contributed by atoms with E-state index in [1.165, 1.54) is 0 Å². The number of benzene rings is 2. The molecule has 0 aliphatic carbocycles. The molecule has 0 aliphatic heterocycles. The molecule has 1 aromatic heterocycles. The first-order valence-corrected chi connectivity index (χ1v) is 9.32. The fraction of sp³-hybridized carbons (Fsp3) is 0.273. The summed E-state index contributed by atoms with van der Waals surface area (Å²) in [6, 6.07) is 15.1. The molecule has 5 heteroatoms. The third kappa shape index (κ3) is 4.40. The smallest absolute Gasteiger partial charge is 0.254 e. The van der Waals surface area contributed by atoms with Crippen LogP contribution in [-0.4, -0.2) is 22.0 Å². The normalized spacial score (nSPS) is 11.0.